The topological polar surface area (TPSA) is 48.2 Å². The Labute approximate surface area is 123 Å². The third-order valence-electron chi connectivity index (χ3n) is 3.09. The third-order valence-corrected chi connectivity index (χ3v) is 3.09. The highest BCUT2D eigenvalue weighted by molar-refractivity contribution is 5.51. The van der Waals surface area contributed by atoms with E-state index >= 15 is 0 Å². The fourth-order valence-corrected chi connectivity index (χ4v) is 1.94. The molecular formula is C17H16N2O2. The van der Waals surface area contributed by atoms with Crippen molar-refractivity contribution in [2.75, 3.05) is 6.61 Å². The summed E-state index contributed by atoms with van der Waals surface area (Å²) in [6.45, 7) is 2.56. The molecule has 1 heterocycles. The maximum Gasteiger partial charge on any atom is 0.247 e. The van der Waals surface area contributed by atoms with Crippen molar-refractivity contribution >= 4 is 0 Å². The second kappa shape index (κ2) is 6.22. The summed E-state index contributed by atoms with van der Waals surface area (Å²) in [6, 6.07) is 17.7. The SMILES string of the molecule is Cc1ccc(OCCc2nnc(-c3ccccc3)o2)cc1. The van der Waals surface area contributed by atoms with Gasteiger partial charge in [-0.1, -0.05) is 35.9 Å². The average Bonchev–Trinajstić information content (AvgIpc) is 2.99. The number of aryl methyl sites for hydroxylation is 1. The molecule has 0 aliphatic carbocycles. The largest absolute Gasteiger partial charge is 0.493 e. The van der Waals surface area contributed by atoms with Crippen LogP contribution in [0.15, 0.2) is 59.0 Å². The summed E-state index contributed by atoms with van der Waals surface area (Å²) in [6.07, 6.45) is 0.591. The number of rotatable bonds is 5. The maximum atomic E-state index is 5.65. The van der Waals surface area contributed by atoms with E-state index in [-0.39, 0.29) is 0 Å². The van der Waals surface area contributed by atoms with Gasteiger partial charge < -0.3 is 9.15 Å². The highest BCUT2D eigenvalue weighted by Crippen LogP contribution is 2.17. The van der Waals surface area contributed by atoms with Gasteiger partial charge in [-0.25, -0.2) is 0 Å². The molecule has 21 heavy (non-hydrogen) atoms. The van der Waals surface area contributed by atoms with E-state index in [4.69, 9.17) is 9.15 Å². The second-order valence-electron chi connectivity index (χ2n) is 4.78. The third kappa shape index (κ3) is 3.48. The molecule has 4 nitrogen and oxygen atoms in total. The van der Waals surface area contributed by atoms with Crippen molar-refractivity contribution < 1.29 is 9.15 Å². The van der Waals surface area contributed by atoms with Crippen LogP contribution in [0.4, 0.5) is 0 Å². The average molecular weight is 280 g/mol. The summed E-state index contributed by atoms with van der Waals surface area (Å²) in [5.74, 6) is 1.98. The molecule has 2 aromatic carbocycles. The lowest BCUT2D eigenvalue weighted by molar-refractivity contribution is 0.307. The molecule has 106 valence electrons. The molecule has 1 aromatic heterocycles. The van der Waals surface area contributed by atoms with Crippen LogP contribution in [0.2, 0.25) is 0 Å². The van der Waals surface area contributed by atoms with Crippen molar-refractivity contribution in [3.8, 4) is 17.2 Å². The van der Waals surface area contributed by atoms with Gasteiger partial charge in [-0.05, 0) is 31.2 Å². The molecule has 0 saturated carbocycles. The van der Waals surface area contributed by atoms with Crippen LogP contribution in [0.1, 0.15) is 11.5 Å². The van der Waals surface area contributed by atoms with Gasteiger partial charge in [0.15, 0.2) is 0 Å². The van der Waals surface area contributed by atoms with Gasteiger partial charge in [0.25, 0.3) is 0 Å². The van der Waals surface area contributed by atoms with E-state index in [9.17, 15) is 0 Å². The fourth-order valence-electron chi connectivity index (χ4n) is 1.94. The first-order valence-corrected chi connectivity index (χ1v) is 6.88. The Balaban J connectivity index is 1.57. The van der Waals surface area contributed by atoms with E-state index in [0.29, 0.717) is 24.8 Å². The van der Waals surface area contributed by atoms with Crippen molar-refractivity contribution in [3.05, 3.63) is 66.1 Å². The molecule has 3 aromatic rings. The lowest BCUT2D eigenvalue weighted by atomic mass is 10.2. The zero-order chi connectivity index (χ0) is 14.5. The molecule has 0 N–H and O–H groups in total. The van der Waals surface area contributed by atoms with E-state index < -0.39 is 0 Å². The van der Waals surface area contributed by atoms with Crippen LogP contribution in [-0.4, -0.2) is 16.8 Å². The molecule has 0 unspecified atom stereocenters. The first kappa shape index (κ1) is 13.4. The molecule has 0 aliphatic rings. The highest BCUT2D eigenvalue weighted by Gasteiger charge is 2.08. The molecule has 0 radical (unpaired) electrons. The van der Waals surface area contributed by atoms with E-state index in [2.05, 4.69) is 10.2 Å². The number of nitrogens with zero attached hydrogens (tertiary/aromatic N) is 2. The normalized spacial score (nSPS) is 10.5. The molecule has 4 heteroatoms. The van der Waals surface area contributed by atoms with Crippen molar-refractivity contribution in [2.45, 2.75) is 13.3 Å². The standard InChI is InChI=1S/C17H16N2O2/c1-13-7-9-15(10-8-13)20-12-11-16-18-19-17(21-16)14-5-3-2-4-6-14/h2-10H,11-12H2,1H3. The molecule has 0 atom stereocenters. The molecule has 3 rings (SSSR count). The van der Waals surface area contributed by atoms with Crippen LogP contribution in [0, 0.1) is 6.92 Å². The molecule has 0 fully saturated rings. The Morgan fingerprint density at radius 2 is 1.71 bits per heavy atom. The minimum atomic E-state index is 0.513. The molecular weight excluding hydrogens is 264 g/mol. The van der Waals surface area contributed by atoms with Gasteiger partial charge >= 0.3 is 0 Å². The summed E-state index contributed by atoms with van der Waals surface area (Å²) in [4.78, 5) is 0. The lowest BCUT2D eigenvalue weighted by Gasteiger charge is -2.04. The Bertz CT molecular complexity index is 690. The fraction of sp³-hybridized carbons (Fsp3) is 0.176. The van der Waals surface area contributed by atoms with Gasteiger partial charge in [0.2, 0.25) is 11.8 Å². The number of hydrogen-bond donors (Lipinski definition) is 0. The minimum Gasteiger partial charge on any atom is -0.493 e. The second-order valence-corrected chi connectivity index (χ2v) is 4.78. The maximum absolute atomic E-state index is 5.65. The monoisotopic (exact) mass is 280 g/mol. The van der Waals surface area contributed by atoms with E-state index in [1.807, 2.05) is 61.5 Å². The summed E-state index contributed by atoms with van der Waals surface area (Å²) in [5, 5.41) is 8.09. The summed E-state index contributed by atoms with van der Waals surface area (Å²) >= 11 is 0. The highest BCUT2D eigenvalue weighted by atomic mass is 16.5. The van der Waals surface area contributed by atoms with Crippen LogP contribution >= 0.6 is 0 Å². The van der Waals surface area contributed by atoms with E-state index in [0.717, 1.165) is 11.3 Å². The van der Waals surface area contributed by atoms with Gasteiger partial charge in [0.1, 0.15) is 5.75 Å². The van der Waals surface area contributed by atoms with Crippen LogP contribution < -0.4 is 4.74 Å². The van der Waals surface area contributed by atoms with E-state index in [1.54, 1.807) is 0 Å². The van der Waals surface area contributed by atoms with Crippen LogP contribution in [0.3, 0.4) is 0 Å². The quantitative estimate of drug-likeness (QED) is 0.715. The number of hydrogen-bond acceptors (Lipinski definition) is 4. The van der Waals surface area contributed by atoms with Crippen LogP contribution in [0.25, 0.3) is 11.5 Å². The molecule has 0 bridgehead atoms. The first-order valence-electron chi connectivity index (χ1n) is 6.88. The Morgan fingerprint density at radius 1 is 0.952 bits per heavy atom. The summed E-state index contributed by atoms with van der Waals surface area (Å²) in [5.41, 5.74) is 2.14. The lowest BCUT2D eigenvalue weighted by Crippen LogP contribution is -2.01. The smallest absolute Gasteiger partial charge is 0.247 e. The Morgan fingerprint density at radius 3 is 2.48 bits per heavy atom. The predicted octanol–water partition coefficient (Wildman–Crippen LogP) is 3.67. The summed E-state index contributed by atoms with van der Waals surface area (Å²) < 4.78 is 11.3. The Kier molecular flexibility index (Phi) is 3.96. The zero-order valence-corrected chi connectivity index (χ0v) is 11.8. The molecule has 0 aliphatic heterocycles. The van der Waals surface area contributed by atoms with Crippen LogP contribution in [-0.2, 0) is 6.42 Å². The Hall–Kier alpha value is -2.62. The molecule has 0 amide bonds. The van der Waals surface area contributed by atoms with Crippen molar-refractivity contribution in [2.24, 2.45) is 0 Å². The van der Waals surface area contributed by atoms with Gasteiger partial charge in [0, 0.05) is 5.56 Å². The molecule has 0 saturated heterocycles. The number of aromatic nitrogens is 2. The number of benzene rings is 2. The number of ether oxygens (including phenoxy) is 1. The summed E-state index contributed by atoms with van der Waals surface area (Å²) in [7, 11) is 0. The van der Waals surface area contributed by atoms with Gasteiger partial charge in [-0.15, -0.1) is 10.2 Å². The van der Waals surface area contributed by atoms with Crippen molar-refractivity contribution in [1.29, 1.82) is 0 Å². The van der Waals surface area contributed by atoms with Crippen LogP contribution in [0.5, 0.6) is 5.75 Å². The minimum absolute atomic E-state index is 0.513. The van der Waals surface area contributed by atoms with Crippen molar-refractivity contribution in [3.63, 3.8) is 0 Å². The van der Waals surface area contributed by atoms with Gasteiger partial charge in [-0.2, -0.15) is 0 Å². The zero-order valence-electron chi connectivity index (χ0n) is 11.8. The first-order chi connectivity index (χ1) is 10.3. The van der Waals surface area contributed by atoms with Gasteiger partial charge in [-0.3, -0.25) is 0 Å². The van der Waals surface area contributed by atoms with Crippen molar-refractivity contribution in [1.82, 2.24) is 10.2 Å². The van der Waals surface area contributed by atoms with Gasteiger partial charge in [0.05, 0.1) is 13.0 Å². The van der Waals surface area contributed by atoms with E-state index in [1.165, 1.54) is 5.56 Å². The predicted molar refractivity (Wildman–Crippen MR) is 80.1 cm³/mol. The molecule has 0 spiro atoms.